The number of esters is 1. The monoisotopic (exact) mass is 338 g/mol. The summed E-state index contributed by atoms with van der Waals surface area (Å²) in [4.78, 5) is 35.3. The van der Waals surface area contributed by atoms with E-state index in [1.165, 1.54) is 35.9 Å². The zero-order chi connectivity index (χ0) is 18.1. The Morgan fingerprint density at radius 3 is 2.32 bits per heavy atom. The van der Waals surface area contributed by atoms with E-state index in [-0.39, 0.29) is 17.2 Å². The number of ether oxygens (including phenoxy) is 1. The number of aromatic nitrogens is 1. The molecule has 1 aromatic heterocycles. The second-order valence-corrected chi connectivity index (χ2v) is 5.41. The molecule has 0 saturated carbocycles. The number of hydrogen-bond acceptors (Lipinski definition) is 5. The smallest absolute Gasteiger partial charge is 0.340 e. The minimum Gasteiger partial charge on any atom is -0.465 e. The Balaban J connectivity index is 2.18. The molecule has 0 amide bonds. The van der Waals surface area contributed by atoms with E-state index in [0.717, 1.165) is 0 Å². The topological polar surface area (TPSA) is 91.4 Å². The van der Waals surface area contributed by atoms with Gasteiger partial charge in [0.15, 0.2) is 0 Å². The normalized spacial score (nSPS) is 10.6. The predicted molar refractivity (Wildman–Crippen MR) is 90.8 cm³/mol. The predicted octanol–water partition coefficient (Wildman–Crippen LogP) is 3.33. The summed E-state index contributed by atoms with van der Waals surface area (Å²) >= 11 is 0. The van der Waals surface area contributed by atoms with Crippen LogP contribution in [0.15, 0.2) is 48.5 Å². The average Bonchev–Trinajstić information content (AvgIpc) is 2.92. The van der Waals surface area contributed by atoms with E-state index < -0.39 is 10.9 Å². The van der Waals surface area contributed by atoms with Crippen LogP contribution >= 0.6 is 0 Å². The average molecular weight is 338 g/mol. The molecule has 25 heavy (non-hydrogen) atoms. The van der Waals surface area contributed by atoms with Gasteiger partial charge in [-0.25, -0.2) is 4.79 Å². The molecule has 0 N–H and O–H groups in total. The Labute approximate surface area is 142 Å². The highest BCUT2D eigenvalue weighted by molar-refractivity contribution is 6.11. The van der Waals surface area contributed by atoms with Crippen molar-refractivity contribution in [3.8, 4) is 0 Å². The fraction of sp³-hybridized carbons (Fsp3) is 0.111. The Morgan fingerprint density at radius 2 is 1.72 bits per heavy atom. The number of nitrogens with zero attached hydrogens (tertiary/aromatic N) is 2. The van der Waals surface area contributed by atoms with Gasteiger partial charge in [0.05, 0.1) is 23.1 Å². The molecule has 0 aliphatic rings. The summed E-state index contributed by atoms with van der Waals surface area (Å²) in [5.41, 5.74) is 1.54. The standard InChI is InChI=1S/C18H14N2O5/c1-11-16(18(22)25-2)14-5-3-4-6-15(14)19(11)17(21)12-7-9-13(10-8-12)20(23)24/h3-10H,1-2H3. The van der Waals surface area contributed by atoms with Crippen molar-refractivity contribution in [2.24, 2.45) is 0 Å². The fourth-order valence-electron chi connectivity index (χ4n) is 2.84. The molecule has 0 saturated heterocycles. The van der Waals surface area contributed by atoms with E-state index in [4.69, 9.17) is 4.74 Å². The lowest BCUT2D eigenvalue weighted by Gasteiger charge is -2.07. The maximum atomic E-state index is 12.9. The number of rotatable bonds is 3. The van der Waals surface area contributed by atoms with E-state index in [2.05, 4.69) is 0 Å². The van der Waals surface area contributed by atoms with Crippen LogP contribution < -0.4 is 0 Å². The van der Waals surface area contributed by atoms with Crippen LogP contribution in [0.4, 0.5) is 5.69 Å². The van der Waals surface area contributed by atoms with Crippen molar-refractivity contribution >= 4 is 28.5 Å². The maximum Gasteiger partial charge on any atom is 0.340 e. The molecule has 0 aliphatic carbocycles. The molecule has 126 valence electrons. The van der Waals surface area contributed by atoms with Gasteiger partial charge in [0.2, 0.25) is 0 Å². The van der Waals surface area contributed by atoms with Crippen molar-refractivity contribution in [3.63, 3.8) is 0 Å². The third-order valence-corrected chi connectivity index (χ3v) is 4.03. The van der Waals surface area contributed by atoms with Crippen LogP contribution in [-0.4, -0.2) is 28.5 Å². The minimum atomic E-state index is -0.528. The first-order valence-electron chi connectivity index (χ1n) is 7.43. The second-order valence-electron chi connectivity index (χ2n) is 5.41. The number of methoxy groups -OCH3 is 1. The molecule has 7 heteroatoms. The van der Waals surface area contributed by atoms with E-state index in [0.29, 0.717) is 22.2 Å². The Kier molecular flexibility index (Phi) is 4.06. The van der Waals surface area contributed by atoms with Gasteiger partial charge in [0, 0.05) is 28.8 Å². The van der Waals surface area contributed by atoms with Crippen LogP contribution in [0.2, 0.25) is 0 Å². The first-order chi connectivity index (χ1) is 12.0. The fourth-order valence-corrected chi connectivity index (χ4v) is 2.84. The van der Waals surface area contributed by atoms with Crippen molar-refractivity contribution in [3.05, 3.63) is 75.5 Å². The first kappa shape index (κ1) is 16.4. The molecule has 0 bridgehead atoms. The van der Waals surface area contributed by atoms with E-state index in [9.17, 15) is 19.7 Å². The second kappa shape index (κ2) is 6.20. The number of fused-ring (bicyclic) bond motifs is 1. The summed E-state index contributed by atoms with van der Waals surface area (Å²) in [6.07, 6.45) is 0. The van der Waals surface area contributed by atoms with Gasteiger partial charge in [-0.2, -0.15) is 0 Å². The van der Waals surface area contributed by atoms with Crippen LogP contribution in [0, 0.1) is 17.0 Å². The number of non-ortho nitro benzene ring substituents is 1. The van der Waals surface area contributed by atoms with Gasteiger partial charge in [-0.05, 0) is 25.1 Å². The molecule has 0 fully saturated rings. The Morgan fingerprint density at radius 1 is 1.08 bits per heavy atom. The number of hydrogen-bond donors (Lipinski definition) is 0. The summed E-state index contributed by atoms with van der Waals surface area (Å²) in [6.45, 7) is 1.66. The van der Waals surface area contributed by atoms with E-state index in [1.807, 2.05) is 0 Å². The summed E-state index contributed by atoms with van der Waals surface area (Å²) in [5.74, 6) is -0.900. The lowest BCUT2D eigenvalue weighted by Crippen LogP contribution is -2.14. The lowest BCUT2D eigenvalue weighted by molar-refractivity contribution is -0.384. The van der Waals surface area contributed by atoms with Gasteiger partial charge in [-0.15, -0.1) is 0 Å². The summed E-state index contributed by atoms with van der Waals surface area (Å²) in [7, 11) is 1.28. The highest BCUT2D eigenvalue weighted by Crippen LogP contribution is 2.27. The van der Waals surface area contributed by atoms with Crippen LogP contribution in [-0.2, 0) is 4.74 Å². The molecule has 0 aliphatic heterocycles. The highest BCUT2D eigenvalue weighted by Gasteiger charge is 2.24. The lowest BCUT2D eigenvalue weighted by atomic mass is 10.1. The van der Waals surface area contributed by atoms with Crippen molar-refractivity contribution < 1.29 is 19.2 Å². The summed E-state index contributed by atoms with van der Waals surface area (Å²) < 4.78 is 6.25. The first-order valence-corrected chi connectivity index (χ1v) is 7.43. The zero-order valence-electron chi connectivity index (χ0n) is 13.6. The maximum absolute atomic E-state index is 12.9. The van der Waals surface area contributed by atoms with Crippen molar-refractivity contribution in [2.45, 2.75) is 6.92 Å². The minimum absolute atomic E-state index is 0.0964. The third kappa shape index (κ3) is 2.65. The van der Waals surface area contributed by atoms with Crippen LogP contribution in [0.25, 0.3) is 10.9 Å². The number of para-hydroxylation sites is 1. The van der Waals surface area contributed by atoms with Crippen molar-refractivity contribution in [2.75, 3.05) is 7.11 Å². The van der Waals surface area contributed by atoms with Gasteiger partial charge >= 0.3 is 5.97 Å². The number of nitro benzene ring substituents is 1. The van der Waals surface area contributed by atoms with Gasteiger partial charge in [0.25, 0.3) is 11.6 Å². The van der Waals surface area contributed by atoms with Crippen LogP contribution in [0.1, 0.15) is 26.4 Å². The largest absolute Gasteiger partial charge is 0.465 e. The van der Waals surface area contributed by atoms with Crippen LogP contribution in [0.5, 0.6) is 0 Å². The van der Waals surface area contributed by atoms with Crippen molar-refractivity contribution in [1.82, 2.24) is 4.57 Å². The zero-order valence-corrected chi connectivity index (χ0v) is 13.6. The molecule has 2 aromatic carbocycles. The highest BCUT2D eigenvalue weighted by atomic mass is 16.6. The number of benzene rings is 2. The van der Waals surface area contributed by atoms with Gasteiger partial charge in [-0.1, -0.05) is 18.2 Å². The quantitative estimate of drug-likeness (QED) is 0.415. The molecule has 0 radical (unpaired) electrons. The molecule has 3 rings (SSSR count). The molecule has 0 unspecified atom stereocenters. The summed E-state index contributed by atoms with van der Waals surface area (Å²) in [6, 6.07) is 12.4. The molecule has 1 heterocycles. The third-order valence-electron chi connectivity index (χ3n) is 4.03. The van der Waals surface area contributed by atoms with Gasteiger partial charge < -0.3 is 4.74 Å². The summed E-state index contributed by atoms with van der Waals surface area (Å²) in [5, 5.41) is 11.4. The Bertz CT molecular complexity index is 1000. The van der Waals surface area contributed by atoms with Gasteiger partial charge in [0.1, 0.15) is 0 Å². The molecule has 3 aromatic rings. The molecular formula is C18H14N2O5. The van der Waals surface area contributed by atoms with E-state index >= 15 is 0 Å². The molecule has 0 spiro atoms. The molecule has 7 nitrogen and oxygen atoms in total. The van der Waals surface area contributed by atoms with Crippen LogP contribution in [0.3, 0.4) is 0 Å². The molecule has 0 atom stereocenters. The number of carbonyl (C=O) groups is 2. The Hall–Kier alpha value is -3.48. The number of nitro groups is 1. The van der Waals surface area contributed by atoms with Gasteiger partial charge in [-0.3, -0.25) is 19.5 Å². The van der Waals surface area contributed by atoms with E-state index in [1.54, 1.807) is 31.2 Å². The number of carbonyl (C=O) groups excluding carboxylic acids is 2. The SMILES string of the molecule is COC(=O)c1c(C)n(C(=O)c2ccc([N+](=O)[O-])cc2)c2ccccc12. The molecular weight excluding hydrogens is 324 g/mol. The van der Waals surface area contributed by atoms with Crippen molar-refractivity contribution in [1.29, 1.82) is 0 Å².